The van der Waals surface area contributed by atoms with Crippen LogP contribution in [0, 0.1) is 6.92 Å². The van der Waals surface area contributed by atoms with E-state index >= 15 is 0 Å². The Morgan fingerprint density at radius 3 is 2.59 bits per heavy atom. The van der Waals surface area contributed by atoms with Gasteiger partial charge < -0.3 is 14.5 Å². The standard InChI is InChI=1S/C29H23ClF3N3O3/c1-17-26-22(36-35-20-8-5-7-18(15-20)29(31,32)33)11-6-12-25(26)39-27(17)28(37)34-23-16-19(30)13-14-24(23)38-21-9-3-2-4-10-21/h2-5,7-10,13-16,35H,6,11-12H2,1H3,(H,34,37)/b36-22+. The number of carbonyl (C=O) groups excluding carboxylic acids is 1. The van der Waals surface area contributed by atoms with E-state index in [0.29, 0.717) is 64.1 Å². The molecule has 1 amide bonds. The number of carbonyl (C=O) groups is 1. The number of furan rings is 1. The van der Waals surface area contributed by atoms with Crippen LogP contribution in [0.5, 0.6) is 11.5 Å². The first-order chi connectivity index (χ1) is 18.7. The molecular formula is C29H23ClF3N3O3. The normalized spacial score (nSPS) is 14.1. The molecule has 1 aliphatic carbocycles. The molecule has 3 aromatic carbocycles. The third-order valence-corrected chi connectivity index (χ3v) is 6.44. The van der Waals surface area contributed by atoms with Crippen molar-refractivity contribution < 1.29 is 27.1 Å². The quantitative estimate of drug-likeness (QED) is 0.235. The number of hydrogen-bond donors (Lipinski definition) is 2. The molecule has 1 aromatic heterocycles. The summed E-state index contributed by atoms with van der Waals surface area (Å²) < 4.78 is 51.1. The second-order valence-corrected chi connectivity index (χ2v) is 9.40. The van der Waals surface area contributed by atoms with Crippen LogP contribution in [0.3, 0.4) is 0 Å². The molecule has 0 atom stereocenters. The Morgan fingerprint density at radius 1 is 1.03 bits per heavy atom. The first-order valence-corrected chi connectivity index (χ1v) is 12.5. The van der Waals surface area contributed by atoms with E-state index in [2.05, 4.69) is 15.8 Å². The average molecular weight is 554 g/mol. The summed E-state index contributed by atoms with van der Waals surface area (Å²) in [6.07, 6.45) is -2.57. The molecule has 0 aliphatic heterocycles. The molecule has 200 valence electrons. The van der Waals surface area contributed by atoms with Gasteiger partial charge in [-0.1, -0.05) is 35.9 Å². The van der Waals surface area contributed by atoms with E-state index in [1.165, 1.54) is 12.1 Å². The number of rotatable bonds is 6. The lowest BCUT2D eigenvalue weighted by Gasteiger charge is -2.14. The summed E-state index contributed by atoms with van der Waals surface area (Å²) in [5.74, 6) is 1.21. The van der Waals surface area contributed by atoms with Crippen molar-refractivity contribution in [2.75, 3.05) is 10.7 Å². The van der Waals surface area contributed by atoms with Crippen molar-refractivity contribution in [3.8, 4) is 11.5 Å². The molecule has 2 N–H and O–H groups in total. The Balaban J connectivity index is 1.39. The van der Waals surface area contributed by atoms with Gasteiger partial charge >= 0.3 is 6.18 Å². The van der Waals surface area contributed by atoms with E-state index in [4.69, 9.17) is 20.8 Å². The van der Waals surface area contributed by atoms with E-state index in [1.807, 2.05) is 18.2 Å². The Kier molecular flexibility index (Phi) is 7.34. The Labute approximate surface area is 227 Å². The summed E-state index contributed by atoms with van der Waals surface area (Å²) in [7, 11) is 0. The zero-order valence-corrected chi connectivity index (χ0v) is 21.5. The van der Waals surface area contributed by atoms with Gasteiger partial charge in [-0.2, -0.15) is 18.3 Å². The fraction of sp³-hybridized carbons (Fsp3) is 0.172. The van der Waals surface area contributed by atoms with Gasteiger partial charge in [0.15, 0.2) is 11.5 Å². The minimum atomic E-state index is -4.46. The molecule has 6 nitrogen and oxygen atoms in total. The van der Waals surface area contributed by atoms with Gasteiger partial charge in [-0.15, -0.1) is 0 Å². The number of hydrogen-bond acceptors (Lipinski definition) is 5. The second kappa shape index (κ2) is 10.9. The SMILES string of the molecule is Cc1c(C(=O)Nc2cc(Cl)ccc2Oc2ccccc2)oc2c1/C(=N/Nc1cccc(C(F)(F)F)c1)CCC2. The highest BCUT2D eigenvalue weighted by atomic mass is 35.5. The van der Waals surface area contributed by atoms with E-state index in [1.54, 1.807) is 37.3 Å². The number of ether oxygens (including phenoxy) is 1. The maximum atomic E-state index is 13.3. The molecule has 5 rings (SSSR count). The van der Waals surface area contributed by atoms with Crippen molar-refractivity contribution in [2.24, 2.45) is 5.10 Å². The van der Waals surface area contributed by atoms with Crippen LogP contribution in [0.25, 0.3) is 0 Å². The number of nitrogens with one attached hydrogen (secondary N) is 2. The van der Waals surface area contributed by atoms with Gasteiger partial charge in [0.05, 0.1) is 22.6 Å². The van der Waals surface area contributed by atoms with E-state index < -0.39 is 17.6 Å². The van der Waals surface area contributed by atoms with Crippen LogP contribution in [0.1, 0.15) is 45.8 Å². The lowest BCUT2D eigenvalue weighted by atomic mass is 9.93. The summed E-state index contributed by atoms with van der Waals surface area (Å²) in [6, 6.07) is 18.8. The third-order valence-electron chi connectivity index (χ3n) is 6.20. The Bertz CT molecular complexity index is 1550. The summed E-state index contributed by atoms with van der Waals surface area (Å²) in [6.45, 7) is 1.75. The molecule has 39 heavy (non-hydrogen) atoms. The maximum Gasteiger partial charge on any atom is 0.416 e. The smallest absolute Gasteiger partial charge is 0.416 e. The van der Waals surface area contributed by atoms with Crippen molar-refractivity contribution in [3.63, 3.8) is 0 Å². The van der Waals surface area contributed by atoms with Gasteiger partial charge in [-0.05, 0) is 68.3 Å². The van der Waals surface area contributed by atoms with Crippen LogP contribution in [0.15, 0.2) is 82.3 Å². The number of benzene rings is 3. The van der Waals surface area contributed by atoms with Gasteiger partial charge in [0.1, 0.15) is 11.5 Å². The van der Waals surface area contributed by atoms with Crippen LogP contribution < -0.4 is 15.5 Å². The molecule has 0 saturated heterocycles. The van der Waals surface area contributed by atoms with E-state index in [0.717, 1.165) is 12.1 Å². The lowest BCUT2D eigenvalue weighted by Crippen LogP contribution is -2.15. The monoisotopic (exact) mass is 553 g/mol. The molecule has 0 bridgehead atoms. The van der Waals surface area contributed by atoms with Crippen LogP contribution in [0.4, 0.5) is 24.5 Å². The van der Waals surface area contributed by atoms with E-state index in [-0.39, 0.29) is 11.4 Å². The first-order valence-electron chi connectivity index (χ1n) is 12.2. The molecule has 10 heteroatoms. The zero-order chi connectivity index (χ0) is 27.6. The van der Waals surface area contributed by atoms with E-state index in [9.17, 15) is 18.0 Å². The van der Waals surface area contributed by atoms with Crippen molar-refractivity contribution in [3.05, 3.63) is 106 Å². The lowest BCUT2D eigenvalue weighted by molar-refractivity contribution is -0.137. The fourth-order valence-electron chi connectivity index (χ4n) is 4.38. The van der Waals surface area contributed by atoms with Crippen LogP contribution in [-0.4, -0.2) is 11.6 Å². The van der Waals surface area contributed by atoms with Gasteiger partial charge in [-0.3, -0.25) is 10.2 Å². The van der Waals surface area contributed by atoms with Crippen molar-refractivity contribution >= 4 is 34.6 Å². The predicted octanol–water partition coefficient (Wildman–Crippen LogP) is 8.46. The van der Waals surface area contributed by atoms with Crippen LogP contribution in [0.2, 0.25) is 5.02 Å². The Morgan fingerprint density at radius 2 is 1.82 bits per heavy atom. The number of hydrazone groups is 1. The highest BCUT2D eigenvalue weighted by Crippen LogP contribution is 2.35. The van der Waals surface area contributed by atoms with Crippen LogP contribution >= 0.6 is 11.6 Å². The third kappa shape index (κ3) is 5.93. The summed E-state index contributed by atoms with van der Waals surface area (Å²) >= 11 is 6.19. The number of halogens is 4. The number of nitrogens with zero attached hydrogens (tertiary/aromatic N) is 1. The molecular weight excluding hydrogens is 531 g/mol. The van der Waals surface area contributed by atoms with Crippen LogP contribution in [-0.2, 0) is 12.6 Å². The highest BCUT2D eigenvalue weighted by molar-refractivity contribution is 6.31. The van der Waals surface area contributed by atoms with Crippen molar-refractivity contribution in [1.29, 1.82) is 0 Å². The number of aryl methyl sites for hydroxylation is 1. The van der Waals surface area contributed by atoms with Gasteiger partial charge in [-0.25, -0.2) is 0 Å². The summed E-state index contributed by atoms with van der Waals surface area (Å²) in [4.78, 5) is 13.3. The van der Waals surface area contributed by atoms with Gasteiger partial charge in [0, 0.05) is 22.6 Å². The van der Waals surface area contributed by atoms with Crippen molar-refractivity contribution in [2.45, 2.75) is 32.4 Å². The number of alkyl halides is 3. The van der Waals surface area contributed by atoms with Gasteiger partial charge in [0.2, 0.25) is 0 Å². The molecule has 1 heterocycles. The number of para-hydroxylation sites is 1. The van der Waals surface area contributed by atoms with Crippen molar-refractivity contribution in [1.82, 2.24) is 0 Å². The second-order valence-electron chi connectivity index (χ2n) is 8.97. The summed E-state index contributed by atoms with van der Waals surface area (Å²) in [5.41, 5.74) is 4.39. The van der Waals surface area contributed by atoms with Gasteiger partial charge in [0.25, 0.3) is 5.91 Å². The number of anilines is 2. The minimum absolute atomic E-state index is 0.110. The Hall–Kier alpha value is -4.24. The first kappa shape index (κ1) is 26.4. The number of fused-ring (bicyclic) bond motifs is 1. The average Bonchev–Trinajstić information content (AvgIpc) is 3.26. The predicted molar refractivity (Wildman–Crippen MR) is 144 cm³/mol. The molecule has 0 unspecified atom stereocenters. The maximum absolute atomic E-state index is 13.3. The largest absolute Gasteiger partial charge is 0.455 e. The molecule has 0 saturated carbocycles. The fourth-order valence-corrected chi connectivity index (χ4v) is 4.55. The zero-order valence-electron chi connectivity index (χ0n) is 20.7. The molecule has 0 radical (unpaired) electrons. The summed E-state index contributed by atoms with van der Waals surface area (Å²) in [5, 5.41) is 7.62. The molecule has 0 spiro atoms. The molecule has 4 aromatic rings. The highest BCUT2D eigenvalue weighted by Gasteiger charge is 2.31. The molecule has 0 fully saturated rings. The molecule has 1 aliphatic rings. The number of amides is 1. The topological polar surface area (TPSA) is 75.9 Å². The minimum Gasteiger partial charge on any atom is -0.455 e.